The highest BCUT2D eigenvalue weighted by atomic mass is 19.1. The first-order valence-corrected chi connectivity index (χ1v) is 9.68. The first-order valence-electron chi connectivity index (χ1n) is 9.68. The number of nitrogens with zero attached hydrogens (tertiary/aromatic N) is 3. The molecule has 0 amide bonds. The summed E-state index contributed by atoms with van der Waals surface area (Å²) < 4.78 is 29.2. The van der Waals surface area contributed by atoms with Gasteiger partial charge in [0.1, 0.15) is 11.6 Å². The summed E-state index contributed by atoms with van der Waals surface area (Å²) >= 11 is 0. The van der Waals surface area contributed by atoms with Crippen LogP contribution in [0.4, 0.5) is 8.78 Å². The largest absolute Gasteiger partial charge is 0.308 e. The fourth-order valence-electron chi connectivity index (χ4n) is 3.78. The fourth-order valence-corrected chi connectivity index (χ4v) is 3.78. The highest BCUT2D eigenvalue weighted by molar-refractivity contribution is 5.84. The summed E-state index contributed by atoms with van der Waals surface area (Å²) in [4.78, 5) is 4.31. The quantitative estimate of drug-likeness (QED) is 0.444. The number of aromatic nitrogens is 2. The Balaban J connectivity index is 1.72. The molecule has 2 aromatic carbocycles. The Morgan fingerprint density at radius 1 is 0.931 bits per heavy atom. The van der Waals surface area contributed by atoms with Crippen LogP contribution >= 0.6 is 0 Å². The lowest BCUT2D eigenvalue weighted by Gasteiger charge is -2.29. The van der Waals surface area contributed by atoms with Gasteiger partial charge in [-0.2, -0.15) is 0 Å². The van der Waals surface area contributed by atoms with Gasteiger partial charge in [-0.25, -0.2) is 8.78 Å². The maximum atomic E-state index is 13.8. The zero-order valence-electron chi connectivity index (χ0n) is 16.6. The average molecular weight is 391 g/mol. The van der Waals surface area contributed by atoms with Crippen molar-refractivity contribution in [1.29, 1.82) is 0 Å². The third kappa shape index (κ3) is 3.99. The van der Waals surface area contributed by atoms with Crippen molar-refractivity contribution in [3.63, 3.8) is 0 Å². The highest BCUT2D eigenvalue weighted by Crippen LogP contribution is 2.25. The van der Waals surface area contributed by atoms with E-state index >= 15 is 0 Å². The molecule has 0 fully saturated rings. The molecule has 0 aliphatic heterocycles. The average Bonchev–Trinajstić information content (AvgIpc) is 2.97. The molecule has 0 N–H and O–H groups in total. The van der Waals surface area contributed by atoms with Crippen LogP contribution in [0.25, 0.3) is 10.9 Å². The molecular formula is C24H23F2N3. The Morgan fingerprint density at radius 3 is 2.48 bits per heavy atom. The van der Waals surface area contributed by atoms with E-state index in [0.717, 1.165) is 34.1 Å². The van der Waals surface area contributed by atoms with Crippen molar-refractivity contribution in [2.45, 2.75) is 26.8 Å². The van der Waals surface area contributed by atoms with E-state index in [1.165, 1.54) is 23.8 Å². The zero-order chi connectivity index (χ0) is 20.4. The first kappa shape index (κ1) is 19.1. The van der Waals surface area contributed by atoms with Gasteiger partial charge in [0.25, 0.3) is 0 Å². The SMILES string of the molecule is Cc1c(C)n(N(CCc2ccc(F)cc2)Cc2cccc(F)c2)c2cnccc12. The number of fused-ring (bicyclic) bond motifs is 1. The van der Waals surface area contributed by atoms with Crippen LogP contribution in [0.2, 0.25) is 0 Å². The molecule has 4 rings (SSSR count). The first-order chi connectivity index (χ1) is 14.0. The third-order valence-corrected chi connectivity index (χ3v) is 5.40. The second kappa shape index (κ2) is 8.03. The van der Waals surface area contributed by atoms with Crippen LogP contribution in [0.5, 0.6) is 0 Å². The van der Waals surface area contributed by atoms with Crippen LogP contribution < -0.4 is 5.01 Å². The number of hydrogen-bond donors (Lipinski definition) is 0. The maximum absolute atomic E-state index is 13.8. The molecule has 3 nitrogen and oxygen atoms in total. The van der Waals surface area contributed by atoms with E-state index in [1.54, 1.807) is 18.3 Å². The van der Waals surface area contributed by atoms with E-state index in [1.807, 2.05) is 30.5 Å². The molecule has 2 aromatic heterocycles. The number of halogens is 2. The summed E-state index contributed by atoms with van der Waals surface area (Å²) in [6, 6.07) is 15.3. The predicted octanol–water partition coefficient (Wildman–Crippen LogP) is 5.31. The number of benzene rings is 2. The van der Waals surface area contributed by atoms with E-state index in [0.29, 0.717) is 13.1 Å². The molecule has 0 bridgehead atoms. The van der Waals surface area contributed by atoms with Crippen LogP contribution in [0.1, 0.15) is 22.4 Å². The van der Waals surface area contributed by atoms with Gasteiger partial charge in [0.05, 0.1) is 18.3 Å². The summed E-state index contributed by atoms with van der Waals surface area (Å²) in [6.07, 6.45) is 4.41. The Hall–Kier alpha value is -3.21. The molecular weight excluding hydrogens is 368 g/mol. The third-order valence-electron chi connectivity index (χ3n) is 5.40. The maximum Gasteiger partial charge on any atom is 0.123 e. The van der Waals surface area contributed by atoms with Gasteiger partial charge in [0, 0.05) is 23.8 Å². The van der Waals surface area contributed by atoms with Crippen LogP contribution in [-0.2, 0) is 13.0 Å². The number of hydrogen-bond acceptors (Lipinski definition) is 2. The standard InChI is InChI=1S/C24H23F2N3/c1-17-18(2)29(24-15-27-12-10-23(17)24)28(16-20-4-3-5-22(26)14-20)13-11-19-6-8-21(25)9-7-19/h3-10,12,14-15H,11,13,16H2,1-2H3. The molecule has 148 valence electrons. The molecule has 0 radical (unpaired) electrons. The minimum absolute atomic E-state index is 0.237. The smallest absolute Gasteiger partial charge is 0.123 e. The van der Waals surface area contributed by atoms with E-state index in [4.69, 9.17) is 0 Å². The molecule has 0 unspecified atom stereocenters. The van der Waals surface area contributed by atoms with Gasteiger partial charge in [0.2, 0.25) is 0 Å². The van der Waals surface area contributed by atoms with Gasteiger partial charge in [-0.3, -0.25) is 9.66 Å². The van der Waals surface area contributed by atoms with Crippen LogP contribution in [0.15, 0.2) is 67.0 Å². The van der Waals surface area contributed by atoms with E-state index < -0.39 is 0 Å². The molecule has 0 saturated carbocycles. The van der Waals surface area contributed by atoms with Crippen molar-refractivity contribution >= 4 is 10.9 Å². The summed E-state index contributed by atoms with van der Waals surface area (Å²) in [7, 11) is 0. The van der Waals surface area contributed by atoms with E-state index in [-0.39, 0.29) is 11.6 Å². The lowest BCUT2D eigenvalue weighted by molar-refractivity contribution is 0.576. The molecule has 5 heteroatoms. The number of pyridine rings is 1. The summed E-state index contributed by atoms with van der Waals surface area (Å²) in [5.41, 5.74) is 5.31. The van der Waals surface area contributed by atoms with Gasteiger partial charge in [0.15, 0.2) is 0 Å². The van der Waals surface area contributed by atoms with Crippen molar-refractivity contribution < 1.29 is 8.78 Å². The fraction of sp³-hybridized carbons (Fsp3) is 0.208. The van der Waals surface area contributed by atoms with Crippen molar-refractivity contribution in [3.8, 4) is 0 Å². The van der Waals surface area contributed by atoms with Crippen molar-refractivity contribution in [2.24, 2.45) is 0 Å². The lowest BCUT2D eigenvalue weighted by Crippen LogP contribution is -2.36. The molecule has 0 atom stereocenters. The van der Waals surface area contributed by atoms with Gasteiger partial charge in [-0.05, 0) is 67.3 Å². The predicted molar refractivity (Wildman–Crippen MR) is 112 cm³/mol. The van der Waals surface area contributed by atoms with Gasteiger partial charge in [-0.1, -0.05) is 24.3 Å². The zero-order valence-corrected chi connectivity index (χ0v) is 16.6. The minimum atomic E-state index is -0.243. The topological polar surface area (TPSA) is 21.1 Å². The van der Waals surface area contributed by atoms with Crippen LogP contribution in [-0.4, -0.2) is 16.2 Å². The van der Waals surface area contributed by atoms with Crippen molar-refractivity contribution in [1.82, 2.24) is 9.66 Å². The van der Waals surface area contributed by atoms with Crippen LogP contribution in [0, 0.1) is 25.5 Å². The summed E-state index contributed by atoms with van der Waals surface area (Å²) in [5.74, 6) is -0.479. The molecule has 0 aliphatic carbocycles. The highest BCUT2D eigenvalue weighted by Gasteiger charge is 2.17. The Kier molecular flexibility index (Phi) is 5.30. The van der Waals surface area contributed by atoms with E-state index in [2.05, 4.69) is 28.5 Å². The Bertz CT molecular complexity index is 1130. The van der Waals surface area contributed by atoms with E-state index in [9.17, 15) is 8.78 Å². The monoisotopic (exact) mass is 391 g/mol. The Morgan fingerprint density at radius 2 is 1.72 bits per heavy atom. The summed E-state index contributed by atoms with van der Waals surface area (Å²) in [5, 5.41) is 3.35. The van der Waals surface area contributed by atoms with Gasteiger partial charge < -0.3 is 5.01 Å². The van der Waals surface area contributed by atoms with Gasteiger partial charge in [-0.15, -0.1) is 0 Å². The normalized spacial score (nSPS) is 11.2. The second-order valence-corrected chi connectivity index (χ2v) is 7.31. The Labute approximate surface area is 169 Å². The number of aryl methyl sites for hydroxylation is 1. The van der Waals surface area contributed by atoms with Crippen molar-refractivity contribution in [3.05, 3.63) is 101 Å². The van der Waals surface area contributed by atoms with Gasteiger partial charge >= 0.3 is 0 Å². The second-order valence-electron chi connectivity index (χ2n) is 7.31. The molecule has 0 aliphatic rings. The molecule has 0 saturated heterocycles. The molecule has 29 heavy (non-hydrogen) atoms. The number of rotatable bonds is 6. The molecule has 2 heterocycles. The van der Waals surface area contributed by atoms with Crippen molar-refractivity contribution in [2.75, 3.05) is 11.6 Å². The minimum Gasteiger partial charge on any atom is -0.308 e. The molecule has 4 aromatic rings. The lowest BCUT2D eigenvalue weighted by atomic mass is 10.1. The molecule has 0 spiro atoms. The van der Waals surface area contributed by atoms with Crippen LogP contribution in [0.3, 0.4) is 0 Å². The summed E-state index contributed by atoms with van der Waals surface area (Å²) in [6.45, 7) is 5.44.